The molecule has 0 aliphatic heterocycles. The van der Waals surface area contributed by atoms with Crippen molar-refractivity contribution in [1.29, 1.82) is 0 Å². The van der Waals surface area contributed by atoms with E-state index >= 15 is 0 Å². The molecular formula is C18H15ClF3NO3. The number of hydrogen-bond acceptors (Lipinski definition) is 3. The predicted molar refractivity (Wildman–Crippen MR) is 93.7 cm³/mol. The standard InChI is InChI=1S/C18H15ClF3NO3/c1-25-13-5-7-16(26-2)15(10-13)23-17(24)8-3-11-9-12(18(20,21)22)4-6-14(11)19/h3-10H,1-2H3,(H,23,24)/b8-3+. The molecule has 0 radical (unpaired) electrons. The topological polar surface area (TPSA) is 47.6 Å². The Hall–Kier alpha value is -2.67. The van der Waals surface area contributed by atoms with Gasteiger partial charge in [0.1, 0.15) is 11.5 Å². The van der Waals surface area contributed by atoms with Crippen LogP contribution >= 0.6 is 11.6 Å². The van der Waals surface area contributed by atoms with Gasteiger partial charge < -0.3 is 14.8 Å². The van der Waals surface area contributed by atoms with Crippen LogP contribution in [-0.4, -0.2) is 20.1 Å². The van der Waals surface area contributed by atoms with Crippen molar-refractivity contribution in [3.8, 4) is 11.5 Å². The quantitative estimate of drug-likeness (QED) is 0.734. The lowest BCUT2D eigenvalue weighted by atomic mass is 10.1. The molecule has 0 aliphatic carbocycles. The number of halogens is 4. The molecule has 0 bridgehead atoms. The highest BCUT2D eigenvalue weighted by Crippen LogP contribution is 2.32. The van der Waals surface area contributed by atoms with Crippen LogP contribution in [0.15, 0.2) is 42.5 Å². The number of benzene rings is 2. The van der Waals surface area contributed by atoms with E-state index in [1.54, 1.807) is 18.2 Å². The molecule has 2 aromatic carbocycles. The molecule has 0 saturated heterocycles. The van der Waals surface area contributed by atoms with Crippen LogP contribution in [-0.2, 0) is 11.0 Å². The second-order valence-corrected chi connectivity index (χ2v) is 5.53. The number of hydrogen-bond donors (Lipinski definition) is 1. The summed E-state index contributed by atoms with van der Waals surface area (Å²) < 4.78 is 48.5. The number of ether oxygens (including phenoxy) is 2. The van der Waals surface area contributed by atoms with Gasteiger partial charge in [-0.2, -0.15) is 13.2 Å². The van der Waals surface area contributed by atoms with Crippen LogP contribution in [0.5, 0.6) is 11.5 Å². The first-order valence-corrected chi connectivity index (χ1v) is 7.70. The molecule has 0 unspecified atom stereocenters. The summed E-state index contributed by atoms with van der Waals surface area (Å²) in [4.78, 5) is 12.1. The lowest BCUT2D eigenvalue weighted by molar-refractivity contribution is -0.137. The van der Waals surface area contributed by atoms with Crippen LogP contribution in [0.3, 0.4) is 0 Å². The highest BCUT2D eigenvalue weighted by atomic mass is 35.5. The lowest BCUT2D eigenvalue weighted by Crippen LogP contribution is -2.09. The van der Waals surface area contributed by atoms with Crippen molar-refractivity contribution in [2.45, 2.75) is 6.18 Å². The second-order valence-electron chi connectivity index (χ2n) is 5.12. The van der Waals surface area contributed by atoms with Gasteiger partial charge >= 0.3 is 6.18 Å². The average Bonchev–Trinajstić information content (AvgIpc) is 2.59. The van der Waals surface area contributed by atoms with Gasteiger partial charge in [0.2, 0.25) is 5.91 Å². The Balaban J connectivity index is 2.20. The predicted octanol–water partition coefficient (Wildman–Crippen LogP) is 5.03. The summed E-state index contributed by atoms with van der Waals surface area (Å²) in [6, 6.07) is 7.71. The Morgan fingerprint density at radius 2 is 1.85 bits per heavy atom. The minimum atomic E-state index is -4.50. The number of methoxy groups -OCH3 is 2. The molecule has 0 atom stereocenters. The molecule has 0 heterocycles. The maximum Gasteiger partial charge on any atom is 0.416 e. The number of carbonyl (C=O) groups excluding carboxylic acids is 1. The molecule has 0 spiro atoms. The molecule has 1 amide bonds. The van der Waals surface area contributed by atoms with Crippen LogP contribution in [0.1, 0.15) is 11.1 Å². The molecule has 138 valence electrons. The third kappa shape index (κ3) is 4.92. The zero-order chi connectivity index (χ0) is 19.3. The summed E-state index contributed by atoms with van der Waals surface area (Å²) >= 11 is 5.89. The first-order chi connectivity index (χ1) is 12.2. The molecular weight excluding hydrogens is 371 g/mol. The zero-order valence-corrected chi connectivity index (χ0v) is 14.6. The largest absolute Gasteiger partial charge is 0.497 e. The SMILES string of the molecule is COc1ccc(OC)c(NC(=O)/C=C/c2cc(C(F)(F)F)ccc2Cl)c1. The number of nitrogens with one attached hydrogen (secondary N) is 1. The van der Waals surface area contributed by atoms with Crippen molar-refractivity contribution >= 4 is 29.3 Å². The van der Waals surface area contributed by atoms with Crippen molar-refractivity contribution in [2.75, 3.05) is 19.5 Å². The number of alkyl halides is 3. The highest BCUT2D eigenvalue weighted by molar-refractivity contribution is 6.32. The van der Waals surface area contributed by atoms with Crippen LogP contribution < -0.4 is 14.8 Å². The molecule has 2 aromatic rings. The molecule has 0 fully saturated rings. The van der Waals surface area contributed by atoms with E-state index in [2.05, 4.69) is 5.32 Å². The third-order valence-electron chi connectivity index (χ3n) is 3.40. The Morgan fingerprint density at radius 3 is 2.46 bits per heavy atom. The summed E-state index contributed by atoms with van der Waals surface area (Å²) in [6.07, 6.45) is -2.21. The Bertz CT molecular complexity index is 835. The van der Waals surface area contributed by atoms with Gasteiger partial charge in [-0.1, -0.05) is 11.6 Å². The lowest BCUT2D eigenvalue weighted by Gasteiger charge is -2.10. The van der Waals surface area contributed by atoms with Crippen molar-refractivity contribution in [3.05, 3.63) is 58.6 Å². The van der Waals surface area contributed by atoms with Crippen LogP contribution in [0.2, 0.25) is 5.02 Å². The summed E-state index contributed by atoms with van der Waals surface area (Å²) in [7, 11) is 2.92. The minimum absolute atomic E-state index is 0.0780. The van der Waals surface area contributed by atoms with Crippen molar-refractivity contribution in [1.82, 2.24) is 0 Å². The minimum Gasteiger partial charge on any atom is -0.497 e. The van der Waals surface area contributed by atoms with E-state index in [1.807, 2.05) is 0 Å². The van der Waals surface area contributed by atoms with E-state index in [4.69, 9.17) is 21.1 Å². The van der Waals surface area contributed by atoms with E-state index < -0.39 is 17.6 Å². The van der Waals surface area contributed by atoms with Gasteiger partial charge in [0, 0.05) is 17.2 Å². The normalized spacial score (nSPS) is 11.5. The fourth-order valence-corrected chi connectivity index (χ4v) is 2.28. The van der Waals surface area contributed by atoms with E-state index in [0.29, 0.717) is 17.2 Å². The van der Waals surface area contributed by atoms with Crippen LogP contribution in [0.25, 0.3) is 6.08 Å². The van der Waals surface area contributed by atoms with E-state index in [-0.39, 0.29) is 10.6 Å². The van der Waals surface area contributed by atoms with Crippen LogP contribution in [0, 0.1) is 0 Å². The molecule has 0 aromatic heterocycles. The molecule has 4 nitrogen and oxygen atoms in total. The second kappa shape index (κ2) is 8.14. The number of rotatable bonds is 5. The highest BCUT2D eigenvalue weighted by Gasteiger charge is 2.30. The zero-order valence-electron chi connectivity index (χ0n) is 13.9. The summed E-state index contributed by atoms with van der Waals surface area (Å²) in [6.45, 7) is 0. The van der Waals surface area contributed by atoms with Gasteiger partial charge in [0.05, 0.1) is 25.5 Å². The maximum atomic E-state index is 12.8. The Kier molecular flexibility index (Phi) is 6.15. The average molecular weight is 386 g/mol. The summed E-state index contributed by atoms with van der Waals surface area (Å²) in [5.74, 6) is 0.348. The summed E-state index contributed by atoms with van der Waals surface area (Å²) in [5, 5.41) is 2.67. The molecule has 8 heteroatoms. The molecule has 26 heavy (non-hydrogen) atoms. The number of amides is 1. The van der Waals surface area contributed by atoms with Crippen molar-refractivity contribution in [2.24, 2.45) is 0 Å². The van der Waals surface area contributed by atoms with Crippen molar-refractivity contribution < 1.29 is 27.4 Å². The Morgan fingerprint density at radius 1 is 1.12 bits per heavy atom. The maximum absolute atomic E-state index is 12.8. The van der Waals surface area contributed by atoms with Gasteiger partial charge in [-0.3, -0.25) is 4.79 Å². The van der Waals surface area contributed by atoms with Gasteiger partial charge in [0.15, 0.2) is 0 Å². The van der Waals surface area contributed by atoms with Gasteiger partial charge in [-0.25, -0.2) is 0 Å². The van der Waals surface area contributed by atoms with Gasteiger partial charge in [-0.15, -0.1) is 0 Å². The Labute approximate surface area is 153 Å². The summed E-state index contributed by atoms with van der Waals surface area (Å²) in [5.41, 5.74) is -0.415. The number of anilines is 1. The van der Waals surface area contributed by atoms with Gasteiger partial charge in [-0.05, 0) is 42.0 Å². The number of carbonyl (C=O) groups is 1. The first-order valence-electron chi connectivity index (χ1n) is 7.32. The van der Waals surface area contributed by atoms with Crippen molar-refractivity contribution in [3.63, 3.8) is 0 Å². The molecule has 1 N–H and O–H groups in total. The smallest absolute Gasteiger partial charge is 0.416 e. The molecule has 0 aliphatic rings. The third-order valence-corrected chi connectivity index (χ3v) is 3.75. The fraction of sp³-hybridized carbons (Fsp3) is 0.167. The fourth-order valence-electron chi connectivity index (χ4n) is 2.10. The van der Waals surface area contributed by atoms with Crippen LogP contribution in [0.4, 0.5) is 18.9 Å². The van der Waals surface area contributed by atoms with E-state index in [9.17, 15) is 18.0 Å². The van der Waals surface area contributed by atoms with E-state index in [1.165, 1.54) is 20.3 Å². The monoisotopic (exact) mass is 385 g/mol. The molecule has 0 saturated carbocycles. The molecule has 2 rings (SSSR count). The first kappa shape index (κ1) is 19.7. The van der Waals surface area contributed by atoms with Gasteiger partial charge in [0.25, 0.3) is 0 Å². The van der Waals surface area contributed by atoms with E-state index in [0.717, 1.165) is 24.3 Å².